The van der Waals surface area contributed by atoms with Gasteiger partial charge in [-0.25, -0.2) is 9.07 Å². The summed E-state index contributed by atoms with van der Waals surface area (Å²) in [6.07, 6.45) is 1.68. The van der Waals surface area contributed by atoms with Crippen LogP contribution in [0.25, 0.3) is 17.1 Å². The minimum Gasteiger partial charge on any atom is -0.300 e. The highest BCUT2D eigenvalue weighted by atomic mass is 32.1. The minimum atomic E-state index is -0.315. The molecule has 0 unspecified atom stereocenters. The molecular weight excluding hydrogens is 289 g/mol. The van der Waals surface area contributed by atoms with Crippen molar-refractivity contribution in [3.8, 4) is 17.1 Å². The number of nitrogens with one attached hydrogen (secondary N) is 1. The summed E-state index contributed by atoms with van der Waals surface area (Å²) in [4.78, 5) is 0. The fourth-order valence-electron chi connectivity index (χ4n) is 2.31. The standard InChI is InChI=1S/C14H14FN5S/c1-3-19-13(17-18-14(19)21)10-8-16-20(9(10)2)12-7-5-4-6-11(12)15/h4-8H,3H2,1-2H3,(H,18,21). The molecule has 0 aliphatic rings. The Morgan fingerprint density at radius 1 is 1.33 bits per heavy atom. The summed E-state index contributed by atoms with van der Waals surface area (Å²) in [5.41, 5.74) is 2.05. The molecule has 3 rings (SSSR count). The molecule has 3 aromatic rings. The van der Waals surface area contributed by atoms with Crippen LogP contribution in [0.2, 0.25) is 0 Å². The molecule has 2 aromatic heterocycles. The Labute approximate surface area is 126 Å². The molecule has 21 heavy (non-hydrogen) atoms. The van der Waals surface area contributed by atoms with E-state index in [9.17, 15) is 4.39 Å². The fraction of sp³-hybridized carbons (Fsp3) is 0.214. The van der Waals surface area contributed by atoms with Crippen molar-refractivity contribution in [2.24, 2.45) is 0 Å². The third kappa shape index (κ3) is 2.19. The summed E-state index contributed by atoms with van der Waals surface area (Å²) >= 11 is 5.19. The molecule has 0 saturated heterocycles. The first kappa shape index (κ1) is 13.7. The van der Waals surface area contributed by atoms with E-state index in [0.717, 1.165) is 11.3 Å². The van der Waals surface area contributed by atoms with Crippen LogP contribution in [0.3, 0.4) is 0 Å². The number of rotatable bonds is 3. The van der Waals surface area contributed by atoms with Crippen LogP contribution < -0.4 is 0 Å². The number of benzene rings is 1. The first-order valence-corrected chi connectivity index (χ1v) is 6.99. The molecule has 0 saturated carbocycles. The zero-order chi connectivity index (χ0) is 15.0. The Morgan fingerprint density at radius 3 is 2.81 bits per heavy atom. The number of nitrogens with zero attached hydrogens (tertiary/aromatic N) is 4. The van der Waals surface area contributed by atoms with Crippen LogP contribution >= 0.6 is 12.2 Å². The van der Waals surface area contributed by atoms with Crippen molar-refractivity contribution < 1.29 is 4.39 Å². The maximum Gasteiger partial charge on any atom is 0.195 e. The van der Waals surface area contributed by atoms with E-state index in [2.05, 4.69) is 15.3 Å². The first-order valence-electron chi connectivity index (χ1n) is 6.58. The largest absolute Gasteiger partial charge is 0.300 e. The number of halogens is 1. The van der Waals surface area contributed by atoms with Gasteiger partial charge in [-0.3, -0.25) is 5.10 Å². The molecule has 108 valence electrons. The molecule has 2 heterocycles. The number of para-hydroxylation sites is 1. The molecule has 0 fully saturated rings. The van der Waals surface area contributed by atoms with Gasteiger partial charge in [0.2, 0.25) is 0 Å². The van der Waals surface area contributed by atoms with Gasteiger partial charge in [0.05, 0.1) is 17.5 Å². The van der Waals surface area contributed by atoms with Gasteiger partial charge >= 0.3 is 0 Å². The molecule has 0 bridgehead atoms. The van der Waals surface area contributed by atoms with E-state index in [1.54, 1.807) is 29.1 Å². The lowest BCUT2D eigenvalue weighted by atomic mass is 10.2. The molecule has 1 aromatic carbocycles. The highest BCUT2D eigenvalue weighted by Gasteiger charge is 2.16. The summed E-state index contributed by atoms with van der Waals surface area (Å²) in [5, 5.41) is 11.3. The highest BCUT2D eigenvalue weighted by molar-refractivity contribution is 7.71. The van der Waals surface area contributed by atoms with Crippen molar-refractivity contribution in [3.63, 3.8) is 0 Å². The summed E-state index contributed by atoms with van der Waals surface area (Å²) in [5.74, 6) is 0.396. The normalized spacial score (nSPS) is 11.0. The lowest BCUT2D eigenvalue weighted by Crippen LogP contribution is -2.03. The van der Waals surface area contributed by atoms with Gasteiger partial charge in [-0.05, 0) is 38.2 Å². The zero-order valence-electron chi connectivity index (χ0n) is 11.7. The van der Waals surface area contributed by atoms with E-state index in [1.165, 1.54) is 6.07 Å². The van der Waals surface area contributed by atoms with Crippen LogP contribution in [0, 0.1) is 17.5 Å². The second-order valence-corrected chi connectivity index (χ2v) is 4.99. The van der Waals surface area contributed by atoms with Crippen molar-refractivity contribution in [3.05, 3.63) is 46.7 Å². The third-order valence-electron chi connectivity index (χ3n) is 3.41. The summed E-state index contributed by atoms with van der Waals surface area (Å²) in [6, 6.07) is 6.54. The van der Waals surface area contributed by atoms with E-state index in [1.807, 2.05) is 18.4 Å². The molecule has 1 N–H and O–H groups in total. The monoisotopic (exact) mass is 303 g/mol. The van der Waals surface area contributed by atoms with Crippen LogP contribution in [0.5, 0.6) is 0 Å². The summed E-state index contributed by atoms with van der Waals surface area (Å²) in [7, 11) is 0. The second kappa shape index (κ2) is 5.25. The maximum atomic E-state index is 13.9. The molecule has 0 aliphatic carbocycles. The van der Waals surface area contributed by atoms with E-state index in [-0.39, 0.29) is 5.82 Å². The molecule has 5 nitrogen and oxygen atoms in total. The molecule has 0 radical (unpaired) electrons. The van der Waals surface area contributed by atoms with Crippen LogP contribution in [0.15, 0.2) is 30.5 Å². The lowest BCUT2D eigenvalue weighted by molar-refractivity contribution is 0.608. The number of aromatic amines is 1. The van der Waals surface area contributed by atoms with Crippen molar-refractivity contribution in [2.45, 2.75) is 20.4 Å². The Bertz CT molecular complexity index is 845. The predicted molar refractivity (Wildman–Crippen MR) is 80.3 cm³/mol. The molecule has 0 amide bonds. The Hall–Kier alpha value is -2.28. The molecule has 7 heteroatoms. The van der Waals surface area contributed by atoms with Gasteiger partial charge in [0, 0.05) is 6.54 Å². The van der Waals surface area contributed by atoms with Gasteiger partial charge in [0.1, 0.15) is 11.5 Å². The van der Waals surface area contributed by atoms with Crippen LogP contribution in [0.1, 0.15) is 12.6 Å². The third-order valence-corrected chi connectivity index (χ3v) is 3.72. The first-order chi connectivity index (χ1) is 10.1. The molecular formula is C14H14FN5S. The van der Waals surface area contributed by atoms with Crippen LogP contribution in [-0.4, -0.2) is 24.5 Å². The smallest absolute Gasteiger partial charge is 0.195 e. The number of aromatic nitrogens is 5. The Morgan fingerprint density at radius 2 is 2.10 bits per heavy atom. The van der Waals surface area contributed by atoms with E-state index in [4.69, 9.17) is 12.2 Å². The quantitative estimate of drug-likeness (QED) is 0.756. The van der Waals surface area contributed by atoms with Crippen molar-refractivity contribution in [1.82, 2.24) is 24.5 Å². The van der Waals surface area contributed by atoms with Crippen molar-refractivity contribution in [1.29, 1.82) is 0 Å². The highest BCUT2D eigenvalue weighted by Crippen LogP contribution is 2.24. The van der Waals surface area contributed by atoms with Gasteiger partial charge in [0.25, 0.3) is 0 Å². The van der Waals surface area contributed by atoms with Crippen molar-refractivity contribution >= 4 is 12.2 Å². The average Bonchev–Trinajstić information content (AvgIpc) is 3.02. The lowest BCUT2D eigenvalue weighted by Gasteiger charge is -2.07. The minimum absolute atomic E-state index is 0.315. The SMILES string of the molecule is CCn1c(-c2cnn(-c3ccccc3F)c2C)n[nH]c1=S. The zero-order valence-corrected chi connectivity index (χ0v) is 12.5. The second-order valence-electron chi connectivity index (χ2n) is 4.60. The summed E-state index contributed by atoms with van der Waals surface area (Å²) < 4.78 is 17.9. The van der Waals surface area contributed by atoms with Gasteiger partial charge in [-0.2, -0.15) is 10.2 Å². The summed E-state index contributed by atoms with van der Waals surface area (Å²) in [6.45, 7) is 4.58. The predicted octanol–water partition coefficient (Wildman–Crippen LogP) is 3.26. The van der Waals surface area contributed by atoms with Crippen molar-refractivity contribution in [2.75, 3.05) is 0 Å². The molecule has 0 aliphatic heterocycles. The van der Waals surface area contributed by atoms with Crippen LogP contribution in [-0.2, 0) is 6.54 Å². The van der Waals surface area contributed by atoms with Gasteiger partial charge in [0.15, 0.2) is 10.6 Å². The average molecular weight is 303 g/mol. The number of hydrogen-bond donors (Lipinski definition) is 1. The molecule has 0 atom stereocenters. The number of H-pyrrole nitrogens is 1. The Kier molecular flexibility index (Phi) is 3.42. The molecule has 0 spiro atoms. The fourth-order valence-corrected chi connectivity index (χ4v) is 2.57. The maximum absolute atomic E-state index is 13.9. The van der Waals surface area contributed by atoms with Gasteiger partial charge < -0.3 is 4.57 Å². The van der Waals surface area contributed by atoms with E-state index < -0.39 is 0 Å². The Balaban J connectivity index is 2.16. The van der Waals surface area contributed by atoms with Gasteiger partial charge in [-0.1, -0.05) is 12.1 Å². The number of hydrogen-bond acceptors (Lipinski definition) is 3. The van der Waals surface area contributed by atoms with Gasteiger partial charge in [-0.15, -0.1) is 0 Å². The van der Waals surface area contributed by atoms with E-state index in [0.29, 0.717) is 22.8 Å². The van der Waals surface area contributed by atoms with E-state index >= 15 is 0 Å². The topological polar surface area (TPSA) is 51.4 Å². The van der Waals surface area contributed by atoms with Crippen LogP contribution in [0.4, 0.5) is 4.39 Å².